The number of ether oxygens (including phenoxy) is 1. The molecule has 3 N–H and O–H groups in total. The van der Waals surface area contributed by atoms with E-state index < -0.39 is 0 Å². The van der Waals surface area contributed by atoms with Crippen LogP contribution in [0.15, 0.2) is 61.3 Å². The van der Waals surface area contributed by atoms with Crippen LogP contribution in [0.25, 0.3) is 5.70 Å². The Kier molecular flexibility index (Phi) is 8.18. The van der Waals surface area contributed by atoms with Crippen molar-refractivity contribution in [3.63, 3.8) is 0 Å². The van der Waals surface area contributed by atoms with Crippen LogP contribution >= 0.6 is 23.2 Å². The maximum Gasteiger partial charge on any atom is 0.150 e. The molecule has 0 bridgehead atoms. The van der Waals surface area contributed by atoms with Crippen molar-refractivity contribution in [3.05, 3.63) is 88.0 Å². The minimum Gasteiger partial charge on any atom is -0.455 e. The number of halogens is 2. The number of hydrogen-bond donors (Lipinski definition) is 3. The molecule has 0 atom stereocenters. The van der Waals surface area contributed by atoms with Crippen LogP contribution in [0.4, 0.5) is 5.82 Å². The van der Waals surface area contributed by atoms with Crippen LogP contribution in [-0.4, -0.2) is 30.3 Å². The predicted molar refractivity (Wildman–Crippen MR) is 128 cm³/mol. The zero-order valence-corrected chi connectivity index (χ0v) is 18.8. The number of nitrogens with zero attached hydrogens (tertiary/aromatic N) is 1. The van der Waals surface area contributed by atoms with Crippen LogP contribution < -0.4 is 15.4 Å². The van der Waals surface area contributed by atoms with Crippen molar-refractivity contribution < 1.29 is 9.84 Å². The smallest absolute Gasteiger partial charge is 0.150 e. The molecule has 31 heavy (non-hydrogen) atoms. The van der Waals surface area contributed by atoms with Crippen LogP contribution in [-0.2, 0) is 6.42 Å². The van der Waals surface area contributed by atoms with E-state index in [0.29, 0.717) is 52.4 Å². The highest BCUT2D eigenvalue weighted by Crippen LogP contribution is 2.36. The van der Waals surface area contributed by atoms with Gasteiger partial charge >= 0.3 is 0 Å². The molecule has 1 heterocycles. The van der Waals surface area contributed by atoms with E-state index >= 15 is 0 Å². The van der Waals surface area contributed by atoms with Gasteiger partial charge in [-0.05, 0) is 42.3 Å². The fourth-order valence-electron chi connectivity index (χ4n) is 3.13. The third-order valence-corrected chi connectivity index (χ3v) is 5.18. The first kappa shape index (κ1) is 22.9. The largest absolute Gasteiger partial charge is 0.455 e. The van der Waals surface area contributed by atoms with Gasteiger partial charge in [-0.1, -0.05) is 48.0 Å². The Morgan fingerprint density at radius 2 is 1.90 bits per heavy atom. The van der Waals surface area contributed by atoms with Crippen LogP contribution in [0, 0.1) is 0 Å². The van der Waals surface area contributed by atoms with Crippen molar-refractivity contribution in [3.8, 4) is 11.5 Å². The van der Waals surface area contributed by atoms with Crippen LogP contribution in [0.1, 0.15) is 23.1 Å². The van der Waals surface area contributed by atoms with Crippen LogP contribution in [0.5, 0.6) is 11.5 Å². The van der Waals surface area contributed by atoms with E-state index in [4.69, 9.17) is 33.0 Å². The summed E-state index contributed by atoms with van der Waals surface area (Å²) in [5.74, 6) is 1.90. The third-order valence-electron chi connectivity index (χ3n) is 4.70. The van der Waals surface area contributed by atoms with Gasteiger partial charge in [0, 0.05) is 53.5 Å². The van der Waals surface area contributed by atoms with Crippen molar-refractivity contribution in [2.24, 2.45) is 0 Å². The Balaban J connectivity index is 2.09. The van der Waals surface area contributed by atoms with Gasteiger partial charge in [0.15, 0.2) is 0 Å². The van der Waals surface area contributed by atoms with E-state index in [-0.39, 0.29) is 6.61 Å². The number of hydrogen-bond acceptors (Lipinski definition) is 5. The summed E-state index contributed by atoms with van der Waals surface area (Å²) in [6.07, 6.45) is 2.89. The van der Waals surface area contributed by atoms with E-state index in [9.17, 15) is 0 Å². The number of benzene rings is 2. The highest BCUT2D eigenvalue weighted by Gasteiger charge is 2.19. The third kappa shape index (κ3) is 6.14. The van der Waals surface area contributed by atoms with E-state index in [2.05, 4.69) is 22.2 Å². The molecule has 0 aliphatic rings. The van der Waals surface area contributed by atoms with Crippen LogP contribution in [0.2, 0.25) is 10.0 Å². The number of anilines is 1. The van der Waals surface area contributed by atoms with Crippen molar-refractivity contribution >= 4 is 34.7 Å². The topological polar surface area (TPSA) is 66.4 Å². The van der Waals surface area contributed by atoms with Gasteiger partial charge in [0.05, 0.1) is 6.20 Å². The summed E-state index contributed by atoms with van der Waals surface area (Å²) >= 11 is 12.2. The lowest BCUT2D eigenvalue weighted by atomic mass is 9.98. The Labute approximate surface area is 192 Å². The molecule has 3 aromatic rings. The maximum absolute atomic E-state index is 9.14. The summed E-state index contributed by atoms with van der Waals surface area (Å²) in [6.45, 7) is 4.86. The molecule has 0 aliphatic heterocycles. The molecule has 5 nitrogen and oxygen atoms in total. The summed E-state index contributed by atoms with van der Waals surface area (Å²) in [5, 5.41) is 16.8. The Morgan fingerprint density at radius 1 is 1.13 bits per heavy atom. The van der Waals surface area contributed by atoms with Crippen molar-refractivity contribution in [1.82, 2.24) is 10.3 Å². The Morgan fingerprint density at radius 3 is 2.58 bits per heavy atom. The molecule has 0 saturated carbocycles. The zero-order chi connectivity index (χ0) is 22.2. The molecule has 0 spiro atoms. The van der Waals surface area contributed by atoms with Gasteiger partial charge in [0.1, 0.15) is 17.3 Å². The normalized spacial score (nSPS) is 10.6. The maximum atomic E-state index is 9.14. The lowest BCUT2D eigenvalue weighted by molar-refractivity contribution is 0.292. The summed E-state index contributed by atoms with van der Waals surface area (Å²) in [7, 11) is 1.82. The molecular weight excluding hydrogens is 433 g/mol. The molecule has 1 aromatic heterocycles. The van der Waals surface area contributed by atoms with Gasteiger partial charge in [0.2, 0.25) is 0 Å². The molecular formula is C24H25Cl2N3O2. The van der Waals surface area contributed by atoms with Gasteiger partial charge in [-0.25, -0.2) is 4.98 Å². The number of aliphatic hydroxyl groups is 1. The van der Waals surface area contributed by atoms with E-state index in [0.717, 1.165) is 16.7 Å². The fourth-order valence-corrected chi connectivity index (χ4v) is 3.44. The lowest BCUT2D eigenvalue weighted by Crippen LogP contribution is -2.14. The van der Waals surface area contributed by atoms with Crippen molar-refractivity contribution in [1.29, 1.82) is 0 Å². The number of aromatic nitrogens is 1. The van der Waals surface area contributed by atoms with Gasteiger partial charge in [-0.3, -0.25) is 0 Å². The van der Waals surface area contributed by atoms with E-state index in [1.54, 1.807) is 18.3 Å². The lowest BCUT2D eigenvalue weighted by Gasteiger charge is -2.20. The minimum absolute atomic E-state index is 0.100. The molecule has 0 aliphatic carbocycles. The average Bonchev–Trinajstić information content (AvgIpc) is 2.76. The average molecular weight is 458 g/mol. The SMILES string of the molecule is C=C(NC)c1c(NCCCO)ncc(Oc2cccc(Cl)c2)c1Cc1ccc(Cl)cc1. The molecule has 162 valence electrons. The number of pyridine rings is 1. The van der Waals surface area contributed by atoms with Crippen LogP contribution in [0.3, 0.4) is 0 Å². The molecule has 0 saturated heterocycles. The molecule has 2 aromatic carbocycles. The van der Waals surface area contributed by atoms with Gasteiger partial charge in [0.25, 0.3) is 0 Å². The second-order valence-corrected chi connectivity index (χ2v) is 7.79. The number of nitrogens with one attached hydrogen (secondary N) is 2. The molecule has 7 heteroatoms. The van der Waals surface area contributed by atoms with E-state index in [1.807, 2.05) is 43.4 Å². The van der Waals surface area contributed by atoms with Crippen molar-refractivity contribution in [2.45, 2.75) is 12.8 Å². The van der Waals surface area contributed by atoms with Gasteiger partial charge in [-0.15, -0.1) is 0 Å². The highest BCUT2D eigenvalue weighted by atomic mass is 35.5. The van der Waals surface area contributed by atoms with Gasteiger partial charge < -0.3 is 20.5 Å². The quantitative estimate of drug-likeness (QED) is 0.338. The highest BCUT2D eigenvalue weighted by molar-refractivity contribution is 6.30. The fraction of sp³-hybridized carbons (Fsp3) is 0.208. The summed E-state index contributed by atoms with van der Waals surface area (Å²) < 4.78 is 6.19. The second kappa shape index (κ2) is 11.0. The first-order valence-electron chi connectivity index (χ1n) is 9.93. The molecule has 0 fully saturated rings. The standard InChI is InChI=1S/C24H25Cl2N3O2/c1-16(27-2)23-21(13-17-7-9-18(25)10-8-17)22(15-29-24(23)28-11-4-12-30)31-20-6-3-5-19(26)14-20/h3,5-10,14-15,27,30H,1,4,11-13H2,2H3,(H,28,29). The summed E-state index contributed by atoms with van der Waals surface area (Å²) in [5.41, 5.74) is 3.52. The zero-order valence-electron chi connectivity index (χ0n) is 17.3. The Hall–Kier alpha value is -2.73. The Bertz CT molecular complexity index is 1040. The molecule has 0 unspecified atom stereocenters. The van der Waals surface area contributed by atoms with E-state index in [1.165, 1.54) is 0 Å². The molecule has 0 amide bonds. The number of rotatable bonds is 10. The number of aliphatic hydroxyl groups excluding tert-OH is 1. The second-order valence-electron chi connectivity index (χ2n) is 6.92. The van der Waals surface area contributed by atoms with Crippen molar-refractivity contribution in [2.75, 3.05) is 25.5 Å². The summed E-state index contributed by atoms with van der Waals surface area (Å²) in [4.78, 5) is 4.58. The predicted octanol–water partition coefficient (Wildman–Crippen LogP) is 5.76. The first-order chi connectivity index (χ1) is 15.0. The summed E-state index contributed by atoms with van der Waals surface area (Å²) in [6, 6.07) is 14.9. The first-order valence-corrected chi connectivity index (χ1v) is 10.7. The van der Waals surface area contributed by atoms with Gasteiger partial charge in [-0.2, -0.15) is 0 Å². The molecule has 0 radical (unpaired) electrons. The minimum atomic E-state index is 0.100. The molecule has 3 rings (SSSR count). The monoisotopic (exact) mass is 457 g/mol.